The second-order valence-electron chi connectivity index (χ2n) is 9.36. The third kappa shape index (κ3) is 11.7. The highest BCUT2D eigenvalue weighted by atomic mass is 19.0. The maximum absolute atomic E-state index is 5.94. The lowest BCUT2D eigenvalue weighted by molar-refractivity contribution is -0.929. The van der Waals surface area contributed by atoms with Gasteiger partial charge in [-0.3, -0.25) is 0 Å². The van der Waals surface area contributed by atoms with Crippen molar-refractivity contribution in [1.29, 1.82) is 0 Å². The van der Waals surface area contributed by atoms with Crippen LogP contribution in [0, 0.1) is 11.8 Å². The second-order valence-corrected chi connectivity index (χ2v) is 9.36. The fourth-order valence-electron chi connectivity index (χ4n) is 4.38. The van der Waals surface area contributed by atoms with Crippen molar-refractivity contribution in [2.45, 2.75) is 85.2 Å². The first-order chi connectivity index (χ1) is 16.2. The van der Waals surface area contributed by atoms with Gasteiger partial charge in [-0.15, -0.1) is 0 Å². The molecule has 0 bridgehead atoms. The molecule has 34 heavy (non-hydrogen) atoms. The molecule has 0 unspecified atom stereocenters. The van der Waals surface area contributed by atoms with E-state index < -0.39 is 0 Å². The van der Waals surface area contributed by atoms with Crippen LogP contribution >= 0.6 is 0 Å². The highest BCUT2D eigenvalue weighted by Gasteiger charge is 2.24. The molecule has 0 N–H and O–H groups in total. The molecule has 0 aromatic heterocycles. The minimum Gasteiger partial charge on any atom is -1.00 e. The lowest BCUT2D eigenvalue weighted by Gasteiger charge is -2.39. The molecule has 0 fully saturated rings. The molecule has 0 saturated carbocycles. The van der Waals surface area contributed by atoms with Gasteiger partial charge in [0.1, 0.15) is 12.4 Å². The van der Waals surface area contributed by atoms with Crippen LogP contribution in [0.2, 0.25) is 0 Å². The standard InChI is InChI=1S/C31H46NO.FH/c1-4-7-23-32(24-8-5-2,25-9-6-3)26-16-11-10-13-18-29-21-17-22-31(27-29)33-28-30-19-14-12-15-20-30;/h12,14-15,17,19-22,27H,4-11,16,23-26,28H2,1-3H3;1H/q+1;/p-1. The second kappa shape index (κ2) is 18.1. The number of hydrogen-bond acceptors (Lipinski definition) is 1. The Morgan fingerprint density at radius 1 is 0.706 bits per heavy atom. The smallest absolute Gasteiger partial charge is 0.121 e. The minimum absolute atomic E-state index is 0. The van der Waals surface area contributed by atoms with Crippen molar-refractivity contribution in [3.8, 4) is 17.6 Å². The summed E-state index contributed by atoms with van der Waals surface area (Å²) in [4.78, 5) is 0. The molecule has 188 valence electrons. The van der Waals surface area contributed by atoms with Crippen LogP contribution in [0.4, 0.5) is 0 Å². The largest absolute Gasteiger partial charge is 1.00 e. The van der Waals surface area contributed by atoms with Crippen LogP contribution in [0.15, 0.2) is 54.6 Å². The third-order valence-corrected chi connectivity index (χ3v) is 6.46. The number of halogens is 1. The Bertz CT molecular complexity index is 802. The van der Waals surface area contributed by atoms with Crippen molar-refractivity contribution in [3.63, 3.8) is 0 Å². The van der Waals surface area contributed by atoms with Crippen molar-refractivity contribution < 1.29 is 13.9 Å². The number of rotatable bonds is 16. The lowest BCUT2D eigenvalue weighted by atomic mass is 10.1. The van der Waals surface area contributed by atoms with Gasteiger partial charge in [-0.1, -0.05) is 88.3 Å². The van der Waals surface area contributed by atoms with Gasteiger partial charge in [-0.25, -0.2) is 0 Å². The molecule has 2 aromatic rings. The molecule has 0 heterocycles. The number of hydrogen-bond donors (Lipinski definition) is 0. The van der Waals surface area contributed by atoms with E-state index in [0.717, 1.165) is 17.7 Å². The Labute approximate surface area is 208 Å². The summed E-state index contributed by atoms with van der Waals surface area (Å²) in [6.07, 6.45) is 11.4. The van der Waals surface area contributed by atoms with E-state index >= 15 is 0 Å². The summed E-state index contributed by atoms with van der Waals surface area (Å²) in [6, 6.07) is 18.5. The number of unbranched alkanes of at least 4 members (excludes halogenated alkanes) is 5. The SMILES string of the molecule is CCCC[N+](CCCC)(CCCC)CCCCC#Cc1cccc(OCc2ccccc2)c1.[F-]. The summed E-state index contributed by atoms with van der Waals surface area (Å²) in [6.45, 7) is 13.0. The number of nitrogens with zero attached hydrogens (tertiary/aromatic N) is 1. The van der Waals surface area contributed by atoms with Crippen molar-refractivity contribution in [1.82, 2.24) is 0 Å². The van der Waals surface area contributed by atoms with E-state index in [1.54, 1.807) is 0 Å². The quantitative estimate of drug-likeness (QED) is 0.192. The van der Waals surface area contributed by atoms with Crippen LogP contribution in [0.5, 0.6) is 5.75 Å². The first-order valence-corrected chi connectivity index (χ1v) is 13.3. The monoisotopic (exact) mass is 467 g/mol. The van der Waals surface area contributed by atoms with Crippen LogP contribution in [0.1, 0.15) is 89.7 Å². The maximum Gasteiger partial charge on any atom is 0.121 e. The average molecular weight is 468 g/mol. The summed E-state index contributed by atoms with van der Waals surface area (Å²) in [5.41, 5.74) is 2.22. The molecule has 0 aliphatic rings. The zero-order valence-electron chi connectivity index (χ0n) is 21.8. The van der Waals surface area contributed by atoms with Gasteiger partial charge < -0.3 is 13.9 Å². The van der Waals surface area contributed by atoms with E-state index in [-0.39, 0.29) is 4.70 Å². The van der Waals surface area contributed by atoms with Crippen molar-refractivity contribution in [2.24, 2.45) is 0 Å². The zero-order chi connectivity index (χ0) is 23.6. The molecule has 0 radical (unpaired) electrons. The molecule has 0 amide bonds. The molecule has 0 spiro atoms. The summed E-state index contributed by atoms with van der Waals surface area (Å²) in [5, 5.41) is 0. The Morgan fingerprint density at radius 3 is 1.94 bits per heavy atom. The lowest BCUT2D eigenvalue weighted by Crippen LogP contribution is -3.00. The molecular formula is C31H46FNO. The average Bonchev–Trinajstić information content (AvgIpc) is 2.86. The van der Waals surface area contributed by atoms with Crippen molar-refractivity contribution in [3.05, 3.63) is 65.7 Å². The van der Waals surface area contributed by atoms with Gasteiger partial charge in [0.15, 0.2) is 0 Å². The molecule has 0 saturated heterocycles. The van der Waals surface area contributed by atoms with Gasteiger partial charge in [0.2, 0.25) is 0 Å². The van der Waals surface area contributed by atoms with Gasteiger partial charge in [0, 0.05) is 12.0 Å². The van der Waals surface area contributed by atoms with E-state index in [0.29, 0.717) is 6.61 Å². The number of quaternary nitrogens is 1. The maximum atomic E-state index is 5.94. The molecule has 2 nitrogen and oxygen atoms in total. The summed E-state index contributed by atoms with van der Waals surface area (Å²) >= 11 is 0. The summed E-state index contributed by atoms with van der Waals surface area (Å²) in [7, 11) is 0. The molecule has 2 aromatic carbocycles. The van der Waals surface area contributed by atoms with Crippen LogP contribution in [-0.2, 0) is 6.61 Å². The predicted molar refractivity (Wildman–Crippen MR) is 142 cm³/mol. The molecule has 0 aliphatic carbocycles. The Hall–Kier alpha value is -2.31. The van der Waals surface area contributed by atoms with E-state index in [2.05, 4.69) is 56.9 Å². The normalized spacial score (nSPS) is 10.8. The minimum atomic E-state index is 0. The fourth-order valence-corrected chi connectivity index (χ4v) is 4.38. The molecule has 0 atom stereocenters. The molecular weight excluding hydrogens is 421 g/mol. The van der Waals surface area contributed by atoms with Gasteiger partial charge in [-0.2, -0.15) is 0 Å². The van der Waals surface area contributed by atoms with E-state index in [9.17, 15) is 0 Å². The van der Waals surface area contributed by atoms with Crippen LogP contribution in [0.3, 0.4) is 0 Å². The molecule has 0 aliphatic heterocycles. The number of ether oxygens (including phenoxy) is 1. The Balaban J connectivity index is 0.00000578. The van der Waals surface area contributed by atoms with Crippen molar-refractivity contribution in [2.75, 3.05) is 26.2 Å². The Morgan fingerprint density at radius 2 is 1.32 bits per heavy atom. The van der Waals surface area contributed by atoms with Gasteiger partial charge in [0.05, 0.1) is 26.2 Å². The van der Waals surface area contributed by atoms with E-state index in [4.69, 9.17) is 4.74 Å². The zero-order valence-corrected chi connectivity index (χ0v) is 21.8. The predicted octanol–water partition coefficient (Wildman–Crippen LogP) is 5.01. The summed E-state index contributed by atoms with van der Waals surface area (Å²) < 4.78 is 7.28. The highest BCUT2D eigenvalue weighted by Crippen LogP contribution is 2.18. The topological polar surface area (TPSA) is 9.23 Å². The van der Waals surface area contributed by atoms with E-state index in [1.165, 1.54) is 87.6 Å². The van der Waals surface area contributed by atoms with Gasteiger partial charge in [0.25, 0.3) is 0 Å². The molecule has 2 rings (SSSR count). The van der Waals surface area contributed by atoms with Crippen molar-refractivity contribution >= 4 is 0 Å². The van der Waals surface area contributed by atoms with E-state index in [1.807, 2.05) is 30.3 Å². The first-order valence-electron chi connectivity index (χ1n) is 13.3. The Kier molecular flexibility index (Phi) is 15.8. The number of benzene rings is 2. The summed E-state index contributed by atoms with van der Waals surface area (Å²) in [5.74, 6) is 7.64. The first kappa shape index (κ1) is 29.7. The van der Waals surface area contributed by atoms with Gasteiger partial charge >= 0.3 is 0 Å². The third-order valence-electron chi connectivity index (χ3n) is 6.46. The van der Waals surface area contributed by atoms with Crippen LogP contribution < -0.4 is 9.44 Å². The fraction of sp³-hybridized carbons (Fsp3) is 0.548. The molecule has 3 heteroatoms. The van der Waals surface area contributed by atoms with Gasteiger partial charge in [-0.05, 0) is 55.9 Å². The van der Waals surface area contributed by atoms with Crippen LogP contribution in [-0.4, -0.2) is 30.7 Å². The van der Waals surface area contributed by atoms with Crippen LogP contribution in [0.25, 0.3) is 0 Å². The highest BCUT2D eigenvalue weighted by molar-refractivity contribution is 5.39.